The Labute approximate surface area is 183 Å². The van der Waals surface area contributed by atoms with Gasteiger partial charge in [-0.1, -0.05) is 42.4 Å². The molecule has 5 heteroatoms. The molecule has 2 aliphatic rings. The van der Waals surface area contributed by atoms with Gasteiger partial charge in [-0.25, -0.2) is 0 Å². The number of nitrogens with zero attached hydrogens (tertiary/aromatic N) is 4. The van der Waals surface area contributed by atoms with E-state index in [0.717, 1.165) is 17.9 Å². The summed E-state index contributed by atoms with van der Waals surface area (Å²) < 4.78 is 2.38. The van der Waals surface area contributed by atoms with Crippen molar-refractivity contribution in [2.45, 2.75) is 52.2 Å². The molecule has 0 N–H and O–H groups in total. The molecule has 0 aliphatic carbocycles. The standard InChI is InChI=1S/C25H28N4S/c1-5-19-15-30-25-27-23(22-8-6-7-13-26-22)24(29(19)25)21-14-17(3)28(18(21)4)20-11-9-16(2)10-12-20/h6-14,19,23-24H,5,15H2,1-4H3. The van der Waals surface area contributed by atoms with E-state index in [0.29, 0.717) is 6.04 Å². The number of aryl methyl sites for hydroxylation is 2. The molecular formula is C25H28N4S. The largest absolute Gasteiger partial charge is 0.338 e. The molecule has 2 aliphatic heterocycles. The maximum absolute atomic E-state index is 5.17. The number of benzene rings is 1. The number of aliphatic imine (C=N–C) groups is 1. The highest BCUT2D eigenvalue weighted by Gasteiger charge is 2.46. The van der Waals surface area contributed by atoms with E-state index in [1.54, 1.807) is 0 Å². The second kappa shape index (κ2) is 7.62. The lowest BCUT2D eigenvalue weighted by atomic mass is 9.95. The fourth-order valence-electron chi connectivity index (χ4n) is 4.86. The molecule has 4 nitrogen and oxygen atoms in total. The molecule has 5 rings (SSSR count). The summed E-state index contributed by atoms with van der Waals surface area (Å²) in [5.41, 5.74) is 7.48. The van der Waals surface area contributed by atoms with Gasteiger partial charge in [-0.15, -0.1) is 0 Å². The van der Waals surface area contributed by atoms with Gasteiger partial charge in [0, 0.05) is 35.1 Å². The van der Waals surface area contributed by atoms with Crippen molar-refractivity contribution in [2.75, 3.05) is 5.75 Å². The average molecular weight is 417 g/mol. The predicted octanol–water partition coefficient (Wildman–Crippen LogP) is 5.78. The Morgan fingerprint density at radius 2 is 1.87 bits per heavy atom. The highest BCUT2D eigenvalue weighted by Crippen LogP contribution is 2.49. The van der Waals surface area contributed by atoms with E-state index in [4.69, 9.17) is 9.98 Å². The monoisotopic (exact) mass is 416 g/mol. The normalized spacial score (nSPS) is 23.0. The van der Waals surface area contributed by atoms with Crippen molar-refractivity contribution in [2.24, 2.45) is 4.99 Å². The summed E-state index contributed by atoms with van der Waals surface area (Å²) in [4.78, 5) is 12.4. The molecule has 154 valence electrons. The van der Waals surface area contributed by atoms with Crippen molar-refractivity contribution in [3.8, 4) is 5.69 Å². The molecule has 0 radical (unpaired) electrons. The van der Waals surface area contributed by atoms with Crippen molar-refractivity contribution in [3.05, 3.63) is 82.9 Å². The predicted molar refractivity (Wildman–Crippen MR) is 126 cm³/mol. The summed E-state index contributed by atoms with van der Waals surface area (Å²) in [5, 5.41) is 1.18. The third-order valence-corrected chi connectivity index (χ3v) is 7.54. The third-order valence-electron chi connectivity index (χ3n) is 6.41. The van der Waals surface area contributed by atoms with Gasteiger partial charge in [0.25, 0.3) is 0 Å². The Hall–Kier alpha value is -2.53. The molecule has 3 unspecified atom stereocenters. The summed E-state index contributed by atoms with van der Waals surface area (Å²) in [6, 6.07) is 18.1. The molecule has 0 amide bonds. The van der Waals surface area contributed by atoms with Crippen LogP contribution in [0.5, 0.6) is 0 Å². The molecule has 1 aromatic carbocycles. The minimum Gasteiger partial charge on any atom is -0.338 e. The Morgan fingerprint density at radius 1 is 1.07 bits per heavy atom. The van der Waals surface area contributed by atoms with Crippen molar-refractivity contribution in [1.82, 2.24) is 14.5 Å². The first-order valence-corrected chi connectivity index (χ1v) is 11.7. The third kappa shape index (κ3) is 3.07. The van der Waals surface area contributed by atoms with Gasteiger partial charge in [-0.3, -0.25) is 9.98 Å². The highest BCUT2D eigenvalue weighted by molar-refractivity contribution is 8.14. The summed E-state index contributed by atoms with van der Waals surface area (Å²) in [7, 11) is 0. The summed E-state index contributed by atoms with van der Waals surface area (Å²) >= 11 is 1.90. The van der Waals surface area contributed by atoms with E-state index in [-0.39, 0.29) is 12.1 Å². The van der Waals surface area contributed by atoms with Gasteiger partial charge in [0.2, 0.25) is 0 Å². The van der Waals surface area contributed by atoms with E-state index in [1.807, 2.05) is 24.0 Å². The minimum absolute atomic E-state index is 0.0371. The number of aromatic nitrogens is 2. The Kier molecular flexibility index (Phi) is 4.94. The lowest BCUT2D eigenvalue weighted by Gasteiger charge is -2.32. The summed E-state index contributed by atoms with van der Waals surface area (Å²) in [5.74, 6) is 1.12. The average Bonchev–Trinajstić information content (AvgIpc) is 3.41. The Bertz CT molecular complexity index is 1080. The fraction of sp³-hybridized carbons (Fsp3) is 0.360. The fourth-order valence-corrected chi connectivity index (χ4v) is 6.20. The van der Waals surface area contributed by atoms with Crippen LogP contribution in [0.3, 0.4) is 0 Å². The van der Waals surface area contributed by atoms with E-state index < -0.39 is 0 Å². The van der Waals surface area contributed by atoms with Crippen LogP contribution in [0.4, 0.5) is 0 Å². The van der Waals surface area contributed by atoms with E-state index in [2.05, 4.69) is 79.6 Å². The molecule has 0 bridgehead atoms. The van der Waals surface area contributed by atoms with Crippen LogP contribution in [0.25, 0.3) is 5.69 Å². The van der Waals surface area contributed by atoms with Crippen LogP contribution >= 0.6 is 11.8 Å². The number of fused-ring (bicyclic) bond motifs is 1. The second-order valence-electron chi connectivity index (χ2n) is 8.33. The van der Waals surface area contributed by atoms with Crippen molar-refractivity contribution in [3.63, 3.8) is 0 Å². The topological polar surface area (TPSA) is 33.4 Å². The highest BCUT2D eigenvalue weighted by atomic mass is 32.2. The maximum Gasteiger partial charge on any atom is 0.160 e. The molecule has 30 heavy (non-hydrogen) atoms. The van der Waals surface area contributed by atoms with Crippen LogP contribution in [0.2, 0.25) is 0 Å². The van der Waals surface area contributed by atoms with Crippen LogP contribution in [0, 0.1) is 20.8 Å². The smallest absolute Gasteiger partial charge is 0.160 e. The molecule has 1 saturated heterocycles. The van der Waals surface area contributed by atoms with Crippen molar-refractivity contribution < 1.29 is 0 Å². The number of hydrogen-bond donors (Lipinski definition) is 0. The SMILES string of the molecule is CCC1CSC2=NC(c3ccccn3)C(c3cc(C)n(-c4ccc(C)cc4)c3C)N21. The van der Waals surface area contributed by atoms with Crippen LogP contribution in [-0.2, 0) is 0 Å². The maximum atomic E-state index is 5.17. The quantitative estimate of drug-likeness (QED) is 0.541. The number of hydrogen-bond acceptors (Lipinski definition) is 4. The van der Waals surface area contributed by atoms with Crippen LogP contribution < -0.4 is 0 Å². The molecule has 0 saturated carbocycles. The van der Waals surface area contributed by atoms with E-state index >= 15 is 0 Å². The Morgan fingerprint density at radius 3 is 2.57 bits per heavy atom. The zero-order chi connectivity index (χ0) is 20.8. The molecule has 1 fully saturated rings. The zero-order valence-corrected chi connectivity index (χ0v) is 18.9. The van der Waals surface area contributed by atoms with Gasteiger partial charge < -0.3 is 9.47 Å². The first-order chi connectivity index (χ1) is 14.6. The zero-order valence-electron chi connectivity index (χ0n) is 18.0. The van der Waals surface area contributed by atoms with Gasteiger partial charge in [0.15, 0.2) is 5.17 Å². The van der Waals surface area contributed by atoms with Gasteiger partial charge in [0.1, 0.15) is 6.04 Å². The number of pyridine rings is 1. The number of amidine groups is 1. The van der Waals surface area contributed by atoms with Gasteiger partial charge in [-0.05, 0) is 63.1 Å². The van der Waals surface area contributed by atoms with Crippen molar-refractivity contribution in [1.29, 1.82) is 0 Å². The van der Waals surface area contributed by atoms with Crippen LogP contribution in [0.15, 0.2) is 59.7 Å². The Balaban J connectivity index is 1.63. The molecular weight excluding hydrogens is 388 g/mol. The summed E-state index contributed by atoms with van der Waals surface area (Å²) in [6.07, 6.45) is 3.02. The van der Waals surface area contributed by atoms with Crippen LogP contribution in [0.1, 0.15) is 53.6 Å². The molecule has 4 heterocycles. The van der Waals surface area contributed by atoms with Gasteiger partial charge in [-0.2, -0.15) is 0 Å². The molecule has 2 aromatic heterocycles. The minimum atomic E-state index is 0.0371. The lowest BCUT2D eigenvalue weighted by molar-refractivity contribution is 0.254. The van der Waals surface area contributed by atoms with E-state index in [1.165, 1.54) is 33.4 Å². The number of rotatable bonds is 4. The molecule has 3 aromatic rings. The van der Waals surface area contributed by atoms with Gasteiger partial charge in [0.05, 0.1) is 11.7 Å². The molecule has 3 atom stereocenters. The van der Waals surface area contributed by atoms with Crippen molar-refractivity contribution >= 4 is 16.9 Å². The lowest BCUT2D eigenvalue weighted by Crippen LogP contribution is -2.35. The number of thioether (sulfide) groups is 1. The molecule has 0 spiro atoms. The summed E-state index contributed by atoms with van der Waals surface area (Å²) in [6.45, 7) is 8.88. The second-order valence-corrected chi connectivity index (χ2v) is 9.32. The first kappa shape index (κ1) is 19.4. The van der Waals surface area contributed by atoms with Gasteiger partial charge >= 0.3 is 0 Å². The van der Waals surface area contributed by atoms with E-state index in [9.17, 15) is 0 Å². The first-order valence-electron chi connectivity index (χ1n) is 10.7. The van der Waals surface area contributed by atoms with Crippen LogP contribution in [-0.4, -0.2) is 31.4 Å².